The summed E-state index contributed by atoms with van der Waals surface area (Å²) < 4.78 is 1.89. The van der Waals surface area contributed by atoms with Crippen LogP contribution in [0.2, 0.25) is 0 Å². The third-order valence-corrected chi connectivity index (χ3v) is 2.59. The van der Waals surface area contributed by atoms with Crippen molar-refractivity contribution in [1.29, 1.82) is 0 Å². The molecule has 0 atom stereocenters. The van der Waals surface area contributed by atoms with Crippen LogP contribution < -0.4 is 0 Å². The lowest BCUT2D eigenvalue weighted by Gasteiger charge is -2.04. The number of aldehydes is 1. The summed E-state index contributed by atoms with van der Waals surface area (Å²) >= 11 is 0. The van der Waals surface area contributed by atoms with Gasteiger partial charge in [0.25, 0.3) is 0 Å². The van der Waals surface area contributed by atoms with Gasteiger partial charge in [0.15, 0.2) is 6.29 Å². The monoisotopic (exact) mass is 223 g/mol. The number of carbonyl (C=O) groups is 1. The van der Waals surface area contributed by atoms with Gasteiger partial charge >= 0.3 is 0 Å². The van der Waals surface area contributed by atoms with Crippen LogP contribution >= 0.6 is 0 Å². The first-order valence-corrected chi connectivity index (χ1v) is 5.22. The molecule has 3 aromatic heterocycles. The van der Waals surface area contributed by atoms with Gasteiger partial charge in [-0.05, 0) is 24.3 Å². The summed E-state index contributed by atoms with van der Waals surface area (Å²) in [5, 5.41) is 0. The normalized spacial score (nSPS) is 10.6. The zero-order valence-electron chi connectivity index (χ0n) is 8.95. The zero-order valence-corrected chi connectivity index (χ0v) is 8.95. The minimum absolute atomic E-state index is 0.432. The van der Waals surface area contributed by atoms with Gasteiger partial charge in [0.05, 0.1) is 5.69 Å². The molecule has 0 unspecified atom stereocenters. The summed E-state index contributed by atoms with van der Waals surface area (Å²) in [5.74, 6) is 0. The molecule has 17 heavy (non-hydrogen) atoms. The van der Waals surface area contributed by atoms with Crippen LogP contribution in [0, 0.1) is 0 Å². The van der Waals surface area contributed by atoms with E-state index in [1.165, 1.54) is 0 Å². The number of hydrogen-bond acceptors (Lipinski definition) is 3. The number of pyridine rings is 2. The summed E-state index contributed by atoms with van der Waals surface area (Å²) in [4.78, 5) is 19.0. The van der Waals surface area contributed by atoms with Crippen molar-refractivity contribution in [2.75, 3.05) is 0 Å². The van der Waals surface area contributed by atoms with Crippen LogP contribution in [0.1, 0.15) is 10.5 Å². The van der Waals surface area contributed by atoms with Crippen molar-refractivity contribution in [3.63, 3.8) is 0 Å². The third kappa shape index (κ3) is 1.59. The van der Waals surface area contributed by atoms with Crippen molar-refractivity contribution in [3.05, 3.63) is 54.6 Å². The van der Waals surface area contributed by atoms with E-state index in [-0.39, 0.29) is 0 Å². The minimum Gasteiger partial charge on any atom is -0.299 e. The Morgan fingerprint density at radius 3 is 2.88 bits per heavy atom. The standard InChI is InChI=1S/C13H9N3O/c17-9-11-8-16-12(4-1-5-13(16)15-11)10-3-2-6-14-7-10/h1-9H. The summed E-state index contributed by atoms with van der Waals surface area (Å²) in [6.07, 6.45) is 5.99. The van der Waals surface area contributed by atoms with Gasteiger partial charge in [-0.2, -0.15) is 0 Å². The van der Waals surface area contributed by atoms with Gasteiger partial charge in [0.1, 0.15) is 11.3 Å². The molecule has 0 saturated carbocycles. The lowest BCUT2D eigenvalue weighted by Crippen LogP contribution is -1.90. The maximum absolute atomic E-state index is 10.7. The lowest BCUT2D eigenvalue weighted by molar-refractivity contribution is 0.111. The highest BCUT2D eigenvalue weighted by Crippen LogP contribution is 2.19. The minimum atomic E-state index is 0.432. The number of hydrogen-bond donors (Lipinski definition) is 0. The van der Waals surface area contributed by atoms with Gasteiger partial charge in [-0.3, -0.25) is 14.2 Å². The largest absolute Gasteiger partial charge is 0.299 e. The van der Waals surface area contributed by atoms with Crippen LogP contribution in [-0.2, 0) is 0 Å². The fourth-order valence-electron chi connectivity index (χ4n) is 1.84. The van der Waals surface area contributed by atoms with Crippen LogP contribution in [0.4, 0.5) is 0 Å². The first kappa shape index (κ1) is 9.72. The van der Waals surface area contributed by atoms with Crippen LogP contribution in [0.3, 0.4) is 0 Å². The predicted octanol–water partition coefficient (Wildman–Crippen LogP) is 2.21. The molecule has 0 spiro atoms. The van der Waals surface area contributed by atoms with Crippen molar-refractivity contribution in [3.8, 4) is 11.3 Å². The van der Waals surface area contributed by atoms with Crippen LogP contribution in [0.15, 0.2) is 48.9 Å². The van der Waals surface area contributed by atoms with E-state index in [1.807, 2.05) is 34.7 Å². The Balaban J connectivity index is 2.29. The second-order valence-corrected chi connectivity index (χ2v) is 3.66. The predicted molar refractivity (Wildman–Crippen MR) is 63.8 cm³/mol. The Hall–Kier alpha value is -2.49. The molecular weight excluding hydrogens is 214 g/mol. The molecule has 4 heteroatoms. The number of fused-ring (bicyclic) bond motifs is 1. The highest BCUT2D eigenvalue weighted by Gasteiger charge is 2.05. The maximum Gasteiger partial charge on any atom is 0.170 e. The van der Waals surface area contributed by atoms with Gasteiger partial charge in [-0.1, -0.05) is 6.07 Å². The van der Waals surface area contributed by atoms with Gasteiger partial charge < -0.3 is 0 Å². The lowest BCUT2D eigenvalue weighted by atomic mass is 10.2. The molecule has 3 aromatic rings. The molecule has 0 aliphatic heterocycles. The smallest absolute Gasteiger partial charge is 0.170 e. The van der Waals surface area contributed by atoms with E-state index in [0.717, 1.165) is 23.2 Å². The molecule has 3 heterocycles. The van der Waals surface area contributed by atoms with Gasteiger partial charge in [-0.15, -0.1) is 0 Å². The molecule has 0 aliphatic rings. The Bertz CT molecular complexity index is 673. The number of imidazole rings is 1. The van der Waals surface area contributed by atoms with E-state index in [0.29, 0.717) is 5.69 Å². The third-order valence-electron chi connectivity index (χ3n) is 2.59. The first-order chi connectivity index (χ1) is 8.38. The molecule has 3 rings (SSSR count). The zero-order chi connectivity index (χ0) is 11.7. The highest BCUT2D eigenvalue weighted by atomic mass is 16.1. The van der Waals surface area contributed by atoms with Gasteiger partial charge in [0, 0.05) is 24.2 Å². The summed E-state index contributed by atoms with van der Waals surface area (Å²) in [6.45, 7) is 0. The molecule has 4 nitrogen and oxygen atoms in total. The Labute approximate surface area is 97.6 Å². The van der Waals surface area contributed by atoms with Gasteiger partial charge in [-0.25, -0.2) is 4.98 Å². The second kappa shape index (κ2) is 3.83. The van der Waals surface area contributed by atoms with E-state index in [1.54, 1.807) is 18.6 Å². The van der Waals surface area contributed by atoms with E-state index in [9.17, 15) is 4.79 Å². The molecule has 0 bridgehead atoms. The maximum atomic E-state index is 10.7. The molecule has 0 aromatic carbocycles. The van der Waals surface area contributed by atoms with E-state index >= 15 is 0 Å². The Kier molecular flexibility index (Phi) is 2.19. The van der Waals surface area contributed by atoms with E-state index < -0.39 is 0 Å². The fourth-order valence-corrected chi connectivity index (χ4v) is 1.84. The number of carbonyl (C=O) groups excluding carboxylic acids is 1. The molecule has 0 radical (unpaired) electrons. The van der Waals surface area contributed by atoms with Crippen molar-refractivity contribution in [2.45, 2.75) is 0 Å². The molecule has 0 aliphatic carbocycles. The number of nitrogens with zero attached hydrogens (tertiary/aromatic N) is 3. The Morgan fingerprint density at radius 1 is 1.18 bits per heavy atom. The van der Waals surface area contributed by atoms with Crippen LogP contribution in [-0.4, -0.2) is 20.7 Å². The van der Waals surface area contributed by atoms with Gasteiger partial charge in [0.2, 0.25) is 0 Å². The van der Waals surface area contributed by atoms with Crippen molar-refractivity contribution in [1.82, 2.24) is 14.4 Å². The summed E-state index contributed by atoms with van der Waals surface area (Å²) in [6, 6.07) is 9.61. The topological polar surface area (TPSA) is 47.3 Å². The molecule has 0 amide bonds. The van der Waals surface area contributed by atoms with Crippen molar-refractivity contribution < 1.29 is 4.79 Å². The fraction of sp³-hybridized carbons (Fsp3) is 0. The number of rotatable bonds is 2. The average molecular weight is 223 g/mol. The van der Waals surface area contributed by atoms with Crippen LogP contribution in [0.25, 0.3) is 16.9 Å². The van der Waals surface area contributed by atoms with E-state index in [2.05, 4.69) is 9.97 Å². The first-order valence-electron chi connectivity index (χ1n) is 5.22. The SMILES string of the molecule is O=Cc1cn2c(-c3cccnc3)cccc2n1. The molecule has 0 fully saturated rings. The second-order valence-electron chi connectivity index (χ2n) is 3.66. The average Bonchev–Trinajstić information content (AvgIpc) is 2.82. The number of aromatic nitrogens is 3. The summed E-state index contributed by atoms with van der Waals surface area (Å²) in [7, 11) is 0. The van der Waals surface area contributed by atoms with Crippen molar-refractivity contribution in [2.24, 2.45) is 0 Å². The molecule has 82 valence electrons. The molecular formula is C13H9N3O. The molecule has 0 saturated heterocycles. The highest BCUT2D eigenvalue weighted by molar-refractivity contribution is 5.74. The van der Waals surface area contributed by atoms with Crippen LogP contribution in [0.5, 0.6) is 0 Å². The quantitative estimate of drug-likeness (QED) is 0.626. The summed E-state index contributed by atoms with van der Waals surface area (Å²) in [5.41, 5.74) is 3.15. The van der Waals surface area contributed by atoms with E-state index in [4.69, 9.17) is 0 Å². The van der Waals surface area contributed by atoms with Crippen molar-refractivity contribution >= 4 is 11.9 Å². The molecule has 0 N–H and O–H groups in total. The Morgan fingerprint density at radius 2 is 2.12 bits per heavy atom.